The van der Waals surface area contributed by atoms with Gasteiger partial charge in [-0.25, -0.2) is 0 Å². The average Bonchev–Trinajstić information content (AvgIpc) is 3.02. The Balaban J connectivity index is 1.57. The van der Waals surface area contributed by atoms with Crippen LogP contribution in [0, 0.1) is 5.92 Å². The van der Waals surface area contributed by atoms with Gasteiger partial charge in [-0.05, 0) is 63.1 Å². The number of piperazine rings is 1. The number of ether oxygens (including phenoxy) is 1. The number of Topliss-reactive ketones (excluding diaryl/α,β-unsaturated/α-hetero) is 1. The molecule has 1 fully saturated rings. The quantitative estimate of drug-likeness (QED) is 0.819. The predicted octanol–water partition coefficient (Wildman–Crippen LogP) is 2.67. The number of hydrogen-bond donors (Lipinski definition) is 1. The van der Waals surface area contributed by atoms with Crippen molar-refractivity contribution in [2.45, 2.75) is 32.3 Å². The van der Waals surface area contributed by atoms with Crippen LogP contribution in [0.4, 0.5) is 5.69 Å². The smallest absolute Gasteiger partial charge is 0.167 e. The van der Waals surface area contributed by atoms with Gasteiger partial charge in [-0.3, -0.25) is 9.78 Å². The Bertz CT molecular complexity index is 943. The van der Waals surface area contributed by atoms with Gasteiger partial charge in [-0.2, -0.15) is 0 Å². The molecule has 1 aliphatic carbocycles. The lowest BCUT2D eigenvalue weighted by Crippen LogP contribution is -2.44. The van der Waals surface area contributed by atoms with Gasteiger partial charge >= 0.3 is 0 Å². The normalized spacial score (nSPS) is 19.8. The number of carbonyl (C=O) groups excluding carboxylic acids is 1. The molecular weight excluding hydrogens is 378 g/mol. The molecule has 0 saturated carbocycles. The first-order valence-corrected chi connectivity index (χ1v) is 10.6. The Kier molecular flexibility index (Phi) is 5.55. The third-order valence-electron chi connectivity index (χ3n) is 6.33. The number of likely N-dealkylation sites (N-methyl/N-ethyl adjacent to an activating group) is 1. The fourth-order valence-corrected chi connectivity index (χ4v) is 4.43. The summed E-state index contributed by atoms with van der Waals surface area (Å²) >= 11 is 0. The Hall–Kier alpha value is -2.44. The second-order valence-corrected chi connectivity index (χ2v) is 9.08. The summed E-state index contributed by atoms with van der Waals surface area (Å²) in [6.07, 6.45) is 4.83. The fraction of sp³-hybridized carbons (Fsp3) is 0.500. The number of methoxy groups -OCH3 is 1. The molecule has 2 heterocycles. The molecule has 0 bridgehead atoms. The molecule has 1 atom stereocenters. The summed E-state index contributed by atoms with van der Waals surface area (Å²) < 4.78 is 5.66. The molecule has 2 aromatic rings. The maximum absolute atomic E-state index is 13.1. The molecule has 0 spiro atoms. The zero-order valence-electron chi connectivity index (χ0n) is 18.3. The number of pyridine rings is 1. The standard InChI is InChI=1S/C24H31N3O3/c1-24(2,29)19-10-16(14-25-15-19)9-18-11-17-12-21(27-7-5-26(3)6-8-27)22(30-4)13-20(17)23(18)28/h10,12-15,18,29H,5-9,11H2,1-4H3. The van der Waals surface area contributed by atoms with E-state index < -0.39 is 5.60 Å². The van der Waals surface area contributed by atoms with E-state index in [0.717, 1.165) is 66.3 Å². The number of fused-ring (bicyclic) bond motifs is 1. The number of nitrogens with zero attached hydrogens (tertiary/aromatic N) is 3. The Morgan fingerprint density at radius 2 is 1.90 bits per heavy atom. The molecule has 1 aromatic heterocycles. The van der Waals surface area contributed by atoms with E-state index in [1.54, 1.807) is 33.4 Å². The van der Waals surface area contributed by atoms with Crippen LogP contribution in [-0.4, -0.2) is 61.1 Å². The molecule has 0 amide bonds. The second kappa shape index (κ2) is 8.00. The van der Waals surface area contributed by atoms with Crippen molar-refractivity contribution in [2.24, 2.45) is 5.92 Å². The maximum Gasteiger partial charge on any atom is 0.167 e. The first-order valence-electron chi connectivity index (χ1n) is 10.6. The number of hydrogen-bond acceptors (Lipinski definition) is 6. The van der Waals surface area contributed by atoms with Crippen LogP contribution in [0.15, 0.2) is 30.6 Å². The van der Waals surface area contributed by atoms with E-state index in [2.05, 4.69) is 27.9 Å². The predicted molar refractivity (Wildman–Crippen MR) is 117 cm³/mol. The molecule has 30 heavy (non-hydrogen) atoms. The molecule has 1 unspecified atom stereocenters. The number of ketones is 1. The van der Waals surface area contributed by atoms with E-state index in [-0.39, 0.29) is 11.7 Å². The minimum atomic E-state index is -0.948. The first kappa shape index (κ1) is 20.8. The van der Waals surface area contributed by atoms with Crippen molar-refractivity contribution in [2.75, 3.05) is 45.2 Å². The molecule has 160 valence electrons. The Labute approximate surface area is 178 Å². The molecule has 1 aromatic carbocycles. The molecule has 1 saturated heterocycles. The zero-order chi connectivity index (χ0) is 21.5. The van der Waals surface area contributed by atoms with Gasteiger partial charge in [-0.1, -0.05) is 0 Å². The van der Waals surface area contributed by atoms with E-state index in [0.29, 0.717) is 6.42 Å². The van der Waals surface area contributed by atoms with Gasteiger partial charge in [0, 0.05) is 55.6 Å². The summed E-state index contributed by atoms with van der Waals surface area (Å²) in [6, 6.07) is 6.04. The highest BCUT2D eigenvalue weighted by atomic mass is 16.5. The molecule has 2 aliphatic rings. The number of benzene rings is 1. The van der Waals surface area contributed by atoms with E-state index >= 15 is 0 Å². The molecule has 1 N–H and O–H groups in total. The van der Waals surface area contributed by atoms with Crippen molar-refractivity contribution in [1.29, 1.82) is 0 Å². The lowest BCUT2D eigenvalue weighted by atomic mass is 9.93. The molecular formula is C24H31N3O3. The number of rotatable bonds is 5. The van der Waals surface area contributed by atoms with Gasteiger partial charge in [0.05, 0.1) is 18.4 Å². The first-order chi connectivity index (χ1) is 14.3. The third kappa shape index (κ3) is 4.07. The third-order valence-corrected chi connectivity index (χ3v) is 6.33. The SMILES string of the molecule is COc1cc2c(cc1N1CCN(C)CC1)CC(Cc1cncc(C(C)(C)O)c1)C2=O. The monoisotopic (exact) mass is 409 g/mol. The highest BCUT2D eigenvalue weighted by Crippen LogP contribution is 2.38. The Morgan fingerprint density at radius 3 is 2.57 bits per heavy atom. The van der Waals surface area contributed by atoms with Crippen LogP contribution in [0.1, 0.15) is 40.9 Å². The Morgan fingerprint density at radius 1 is 1.17 bits per heavy atom. The molecule has 1 aliphatic heterocycles. The minimum Gasteiger partial charge on any atom is -0.495 e. The molecule has 0 radical (unpaired) electrons. The summed E-state index contributed by atoms with van der Waals surface area (Å²) in [5.74, 6) is 0.839. The number of aliphatic hydroxyl groups is 1. The average molecular weight is 410 g/mol. The van der Waals surface area contributed by atoms with Crippen molar-refractivity contribution < 1.29 is 14.6 Å². The van der Waals surface area contributed by atoms with Crippen LogP contribution in [0.3, 0.4) is 0 Å². The summed E-state index contributed by atoms with van der Waals surface area (Å²) in [4.78, 5) is 22.1. The van der Waals surface area contributed by atoms with Crippen molar-refractivity contribution in [3.63, 3.8) is 0 Å². The van der Waals surface area contributed by atoms with Gasteiger partial charge < -0.3 is 19.6 Å². The van der Waals surface area contributed by atoms with Crippen molar-refractivity contribution in [3.05, 3.63) is 52.8 Å². The van der Waals surface area contributed by atoms with Crippen molar-refractivity contribution in [3.8, 4) is 5.75 Å². The fourth-order valence-electron chi connectivity index (χ4n) is 4.43. The molecule has 6 nitrogen and oxygen atoms in total. The van der Waals surface area contributed by atoms with Crippen LogP contribution in [0.5, 0.6) is 5.75 Å². The van der Waals surface area contributed by atoms with Gasteiger partial charge in [0.2, 0.25) is 0 Å². The van der Waals surface area contributed by atoms with Crippen LogP contribution >= 0.6 is 0 Å². The maximum atomic E-state index is 13.1. The van der Waals surface area contributed by atoms with Gasteiger partial charge in [0.15, 0.2) is 5.78 Å². The van der Waals surface area contributed by atoms with Crippen LogP contribution in [0.2, 0.25) is 0 Å². The van der Waals surface area contributed by atoms with E-state index in [9.17, 15) is 9.90 Å². The van der Waals surface area contributed by atoms with Crippen LogP contribution < -0.4 is 9.64 Å². The van der Waals surface area contributed by atoms with Gasteiger partial charge in [0.1, 0.15) is 5.75 Å². The highest BCUT2D eigenvalue weighted by molar-refractivity contribution is 6.03. The van der Waals surface area contributed by atoms with Crippen molar-refractivity contribution >= 4 is 11.5 Å². The van der Waals surface area contributed by atoms with E-state index in [4.69, 9.17) is 4.74 Å². The van der Waals surface area contributed by atoms with Gasteiger partial charge in [-0.15, -0.1) is 0 Å². The number of aromatic nitrogens is 1. The van der Waals surface area contributed by atoms with E-state index in [1.807, 2.05) is 12.1 Å². The lowest BCUT2D eigenvalue weighted by molar-refractivity contribution is 0.0781. The summed E-state index contributed by atoms with van der Waals surface area (Å²) in [5.41, 5.74) is 3.77. The summed E-state index contributed by atoms with van der Waals surface area (Å²) in [7, 11) is 3.81. The highest BCUT2D eigenvalue weighted by Gasteiger charge is 2.33. The topological polar surface area (TPSA) is 65.9 Å². The summed E-state index contributed by atoms with van der Waals surface area (Å²) in [5, 5.41) is 10.3. The lowest BCUT2D eigenvalue weighted by Gasteiger charge is -2.35. The molecule has 6 heteroatoms. The van der Waals surface area contributed by atoms with Crippen LogP contribution in [-0.2, 0) is 18.4 Å². The molecule has 4 rings (SSSR count). The minimum absolute atomic E-state index is 0.105. The van der Waals surface area contributed by atoms with Crippen molar-refractivity contribution in [1.82, 2.24) is 9.88 Å². The van der Waals surface area contributed by atoms with Crippen LogP contribution in [0.25, 0.3) is 0 Å². The van der Waals surface area contributed by atoms with Gasteiger partial charge in [0.25, 0.3) is 0 Å². The largest absolute Gasteiger partial charge is 0.495 e. The summed E-state index contributed by atoms with van der Waals surface area (Å²) in [6.45, 7) is 7.45. The number of anilines is 1. The zero-order valence-corrected chi connectivity index (χ0v) is 18.3. The van der Waals surface area contributed by atoms with E-state index in [1.165, 1.54) is 0 Å². The number of carbonyl (C=O) groups is 1. The second-order valence-electron chi connectivity index (χ2n) is 9.08.